The molecule has 2 aromatic carbocycles. The van der Waals surface area contributed by atoms with Gasteiger partial charge in [-0.3, -0.25) is 4.79 Å². The van der Waals surface area contributed by atoms with Crippen molar-refractivity contribution < 1.29 is 13.9 Å². The second-order valence-corrected chi connectivity index (χ2v) is 5.34. The lowest BCUT2D eigenvalue weighted by atomic mass is 10.1. The van der Waals surface area contributed by atoms with Crippen molar-refractivity contribution in [1.82, 2.24) is 0 Å². The van der Waals surface area contributed by atoms with Gasteiger partial charge in [0.15, 0.2) is 5.78 Å². The summed E-state index contributed by atoms with van der Waals surface area (Å²) in [6.45, 7) is 0.362. The van der Waals surface area contributed by atoms with E-state index in [0.717, 1.165) is 10.0 Å². The number of ketones is 1. The molecule has 2 rings (SSSR count). The van der Waals surface area contributed by atoms with Gasteiger partial charge in [-0.15, -0.1) is 0 Å². The molecule has 0 radical (unpaired) electrons. The predicted octanol–water partition coefficient (Wildman–Crippen LogP) is 3.92. The standard InChI is InChI=1S/C16H14BrFO2/c17-14-7-5-12(6-8-14)10-20-11-15(19)9-13-3-1-2-4-16(13)18/h1-8H,9-11H2. The van der Waals surface area contributed by atoms with Gasteiger partial charge in [0.1, 0.15) is 12.4 Å². The van der Waals surface area contributed by atoms with Crippen LogP contribution in [0, 0.1) is 5.82 Å². The van der Waals surface area contributed by atoms with E-state index in [-0.39, 0.29) is 24.6 Å². The summed E-state index contributed by atoms with van der Waals surface area (Å²) in [4.78, 5) is 11.7. The van der Waals surface area contributed by atoms with E-state index in [0.29, 0.717) is 12.2 Å². The summed E-state index contributed by atoms with van der Waals surface area (Å²) in [6, 6.07) is 14.0. The molecule has 0 spiro atoms. The number of carbonyl (C=O) groups is 1. The minimum Gasteiger partial charge on any atom is -0.369 e. The topological polar surface area (TPSA) is 26.3 Å². The number of benzene rings is 2. The van der Waals surface area contributed by atoms with Crippen LogP contribution in [0.25, 0.3) is 0 Å². The molecule has 0 saturated carbocycles. The van der Waals surface area contributed by atoms with Gasteiger partial charge in [-0.05, 0) is 29.3 Å². The van der Waals surface area contributed by atoms with E-state index in [9.17, 15) is 9.18 Å². The van der Waals surface area contributed by atoms with Crippen molar-refractivity contribution >= 4 is 21.7 Å². The smallest absolute Gasteiger partial charge is 0.162 e. The number of hydrogen-bond acceptors (Lipinski definition) is 2. The van der Waals surface area contributed by atoms with Gasteiger partial charge in [0.2, 0.25) is 0 Å². The molecule has 4 heteroatoms. The Morgan fingerprint density at radius 3 is 2.50 bits per heavy atom. The second-order valence-electron chi connectivity index (χ2n) is 4.43. The molecule has 2 aromatic rings. The maximum absolute atomic E-state index is 13.4. The van der Waals surface area contributed by atoms with Crippen LogP contribution in [0.4, 0.5) is 4.39 Å². The van der Waals surface area contributed by atoms with Gasteiger partial charge >= 0.3 is 0 Å². The van der Waals surface area contributed by atoms with Crippen molar-refractivity contribution in [2.45, 2.75) is 13.0 Å². The molecule has 0 saturated heterocycles. The van der Waals surface area contributed by atoms with E-state index in [1.807, 2.05) is 24.3 Å². The zero-order valence-electron chi connectivity index (χ0n) is 10.8. The van der Waals surface area contributed by atoms with E-state index in [1.54, 1.807) is 18.2 Å². The molecule has 0 heterocycles. The maximum Gasteiger partial charge on any atom is 0.162 e. The number of carbonyl (C=O) groups excluding carboxylic acids is 1. The van der Waals surface area contributed by atoms with Crippen LogP contribution < -0.4 is 0 Å². The quantitative estimate of drug-likeness (QED) is 0.799. The summed E-state index contributed by atoms with van der Waals surface area (Å²) >= 11 is 3.35. The van der Waals surface area contributed by atoms with Crippen molar-refractivity contribution in [1.29, 1.82) is 0 Å². The van der Waals surface area contributed by atoms with Crippen molar-refractivity contribution in [3.63, 3.8) is 0 Å². The number of halogens is 2. The van der Waals surface area contributed by atoms with E-state index in [4.69, 9.17) is 4.74 Å². The minimum atomic E-state index is -0.353. The lowest BCUT2D eigenvalue weighted by molar-refractivity contribution is -0.123. The Balaban J connectivity index is 1.78. The van der Waals surface area contributed by atoms with E-state index in [1.165, 1.54) is 6.07 Å². The van der Waals surface area contributed by atoms with Gasteiger partial charge in [-0.2, -0.15) is 0 Å². The lowest BCUT2D eigenvalue weighted by Gasteiger charge is -2.05. The van der Waals surface area contributed by atoms with Crippen molar-refractivity contribution in [3.8, 4) is 0 Å². The van der Waals surface area contributed by atoms with Gasteiger partial charge in [-0.1, -0.05) is 46.3 Å². The minimum absolute atomic E-state index is 0.00953. The average Bonchev–Trinajstić information content (AvgIpc) is 2.44. The molecule has 0 atom stereocenters. The van der Waals surface area contributed by atoms with Gasteiger partial charge in [0, 0.05) is 10.9 Å². The molecule has 0 aromatic heterocycles. The molecule has 104 valence electrons. The summed E-state index contributed by atoms with van der Waals surface area (Å²) < 4.78 is 19.7. The fraction of sp³-hybridized carbons (Fsp3) is 0.188. The summed E-state index contributed by atoms with van der Waals surface area (Å²) in [6.07, 6.45) is 0.0625. The summed E-state index contributed by atoms with van der Waals surface area (Å²) in [5, 5.41) is 0. The SMILES string of the molecule is O=C(COCc1ccc(Br)cc1)Cc1ccccc1F. The van der Waals surface area contributed by atoms with E-state index >= 15 is 0 Å². The third-order valence-electron chi connectivity index (χ3n) is 2.79. The average molecular weight is 337 g/mol. The zero-order chi connectivity index (χ0) is 14.4. The fourth-order valence-corrected chi connectivity index (χ4v) is 2.03. The van der Waals surface area contributed by atoms with Crippen LogP contribution in [-0.2, 0) is 22.6 Å². The highest BCUT2D eigenvalue weighted by molar-refractivity contribution is 9.10. The Morgan fingerprint density at radius 1 is 1.10 bits per heavy atom. The molecule has 20 heavy (non-hydrogen) atoms. The third-order valence-corrected chi connectivity index (χ3v) is 3.32. The molecule has 0 aliphatic carbocycles. The first-order chi connectivity index (χ1) is 9.65. The number of Topliss-reactive ketones (excluding diaryl/α,β-unsaturated/α-hetero) is 1. The van der Waals surface area contributed by atoms with Gasteiger partial charge in [-0.25, -0.2) is 4.39 Å². The number of ether oxygens (including phenoxy) is 1. The molecule has 2 nitrogen and oxygen atoms in total. The molecule has 0 unspecified atom stereocenters. The number of rotatable bonds is 6. The summed E-state index contributed by atoms with van der Waals surface area (Å²) in [5.41, 5.74) is 1.40. The fourth-order valence-electron chi connectivity index (χ4n) is 1.77. The van der Waals surface area contributed by atoms with E-state index < -0.39 is 0 Å². The summed E-state index contributed by atoms with van der Waals surface area (Å²) in [7, 11) is 0. The van der Waals surface area contributed by atoms with Crippen LogP contribution in [0.3, 0.4) is 0 Å². The molecule has 0 bridgehead atoms. The van der Waals surface area contributed by atoms with Gasteiger partial charge in [0.05, 0.1) is 6.61 Å². The van der Waals surface area contributed by atoms with Crippen LogP contribution >= 0.6 is 15.9 Å². The maximum atomic E-state index is 13.4. The Bertz CT molecular complexity index is 581. The van der Waals surface area contributed by atoms with Crippen molar-refractivity contribution in [2.75, 3.05) is 6.61 Å². The third kappa shape index (κ3) is 4.54. The largest absolute Gasteiger partial charge is 0.369 e. The lowest BCUT2D eigenvalue weighted by Crippen LogP contribution is -2.12. The van der Waals surface area contributed by atoms with Crippen molar-refractivity contribution in [3.05, 3.63) is 69.9 Å². The van der Waals surface area contributed by atoms with Crippen molar-refractivity contribution in [2.24, 2.45) is 0 Å². The Kier molecular flexibility index (Phi) is 5.44. The first-order valence-corrected chi connectivity index (χ1v) is 7.02. The first-order valence-electron chi connectivity index (χ1n) is 6.22. The first kappa shape index (κ1) is 14.9. The van der Waals surface area contributed by atoms with Crippen LogP contribution in [0.1, 0.15) is 11.1 Å². The molecule has 0 aliphatic heterocycles. The Morgan fingerprint density at radius 2 is 1.80 bits per heavy atom. The molecular weight excluding hydrogens is 323 g/mol. The molecular formula is C16H14BrFO2. The van der Waals surface area contributed by atoms with Crippen LogP contribution in [0.5, 0.6) is 0 Å². The molecule has 0 aliphatic rings. The Labute approximate surface area is 125 Å². The second kappa shape index (κ2) is 7.31. The zero-order valence-corrected chi connectivity index (χ0v) is 12.4. The highest BCUT2D eigenvalue weighted by atomic mass is 79.9. The monoisotopic (exact) mass is 336 g/mol. The van der Waals surface area contributed by atoms with Crippen LogP contribution in [0.15, 0.2) is 53.0 Å². The highest BCUT2D eigenvalue weighted by Gasteiger charge is 2.07. The van der Waals surface area contributed by atoms with Gasteiger partial charge < -0.3 is 4.74 Å². The Hall–Kier alpha value is -1.52. The highest BCUT2D eigenvalue weighted by Crippen LogP contribution is 2.11. The normalized spacial score (nSPS) is 10.5. The summed E-state index contributed by atoms with van der Waals surface area (Å²) in [5.74, 6) is -0.485. The molecule has 0 fully saturated rings. The van der Waals surface area contributed by atoms with Crippen LogP contribution in [0.2, 0.25) is 0 Å². The van der Waals surface area contributed by atoms with E-state index in [2.05, 4.69) is 15.9 Å². The predicted molar refractivity (Wildman–Crippen MR) is 78.9 cm³/mol. The number of hydrogen-bond donors (Lipinski definition) is 0. The van der Waals surface area contributed by atoms with Gasteiger partial charge in [0.25, 0.3) is 0 Å². The molecule has 0 N–H and O–H groups in total. The van der Waals surface area contributed by atoms with Crippen LogP contribution in [-0.4, -0.2) is 12.4 Å². The molecule has 0 amide bonds.